The Bertz CT molecular complexity index is 620. The molecular formula is C16H14N4O2. The van der Waals surface area contributed by atoms with Gasteiger partial charge in [0.15, 0.2) is 0 Å². The van der Waals surface area contributed by atoms with Crippen LogP contribution in [0.1, 0.15) is 11.1 Å². The highest BCUT2D eigenvalue weighted by molar-refractivity contribution is 5.96. The van der Waals surface area contributed by atoms with Crippen LogP contribution < -0.4 is 10.9 Å². The summed E-state index contributed by atoms with van der Waals surface area (Å²) in [6, 6.07) is 7.16. The molecule has 2 heterocycles. The van der Waals surface area contributed by atoms with Crippen molar-refractivity contribution in [3.8, 4) is 0 Å². The average molecular weight is 294 g/mol. The normalized spacial score (nSPS) is 10.7. The van der Waals surface area contributed by atoms with Crippen molar-refractivity contribution in [2.45, 2.75) is 0 Å². The molecule has 2 rings (SSSR count). The van der Waals surface area contributed by atoms with Crippen LogP contribution in [0.2, 0.25) is 0 Å². The van der Waals surface area contributed by atoms with Gasteiger partial charge in [-0.3, -0.25) is 30.4 Å². The van der Waals surface area contributed by atoms with Gasteiger partial charge in [-0.1, -0.05) is 12.1 Å². The van der Waals surface area contributed by atoms with Crippen LogP contribution in [0.5, 0.6) is 0 Å². The quantitative estimate of drug-likeness (QED) is 0.658. The molecule has 0 aliphatic heterocycles. The summed E-state index contributed by atoms with van der Waals surface area (Å²) in [6.45, 7) is 0. The lowest BCUT2D eigenvalue weighted by Crippen LogP contribution is -2.39. The highest BCUT2D eigenvalue weighted by atomic mass is 16.2. The zero-order valence-electron chi connectivity index (χ0n) is 11.6. The van der Waals surface area contributed by atoms with E-state index in [1.807, 2.05) is 12.1 Å². The molecule has 22 heavy (non-hydrogen) atoms. The van der Waals surface area contributed by atoms with Gasteiger partial charge in [-0.15, -0.1) is 0 Å². The molecule has 0 bridgehead atoms. The molecule has 6 heteroatoms. The third-order valence-corrected chi connectivity index (χ3v) is 2.53. The Morgan fingerprint density at radius 2 is 1.27 bits per heavy atom. The van der Waals surface area contributed by atoms with Crippen molar-refractivity contribution >= 4 is 24.0 Å². The summed E-state index contributed by atoms with van der Waals surface area (Å²) in [5, 5.41) is 0. The minimum atomic E-state index is -0.438. The number of carbonyl (C=O) groups excluding carboxylic acids is 2. The predicted octanol–water partition coefficient (Wildman–Crippen LogP) is 1.35. The number of amides is 2. The van der Waals surface area contributed by atoms with Crippen molar-refractivity contribution in [3.05, 3.63) is 72.3 Å². The van der Waals surface area contributed by atoms with E-state index in [0.717, 1.165) is 11.1 Å². The van der Waals surface area contributed by atoms with E-state index >= 15 is 0 Å². The van der Waals surface area contributed by atoms with Crippen molar-refractivity contribution in [1.29, 1.82) is 0 Å². The first kappa shape index (κ1) is 15.1. The molecule has 2 aromatic rings. The van der Waals surface area contributed by atoms with Gasteiger partial charge in [-0.25, -0.2) is 0 Å². The summed E-state index contributed by atoms with van der Waals surface area (Å²) in [4.78, 5) is 30.9. The lowest BCUT2D eigenvalue weighted by atomic mass is 10.2. The highest BCUT2D eigenvalue weighted by Crippen LogP contribution is 1.98. The zero-order valence-corrected chi connectivity index (χ0v) is 11.6. The number of rotatable bonds is 4. The number of nitrogens with one attached hydrogen (secondary N) is 2. The first-order valence-electron chi connectivity index (χ1n) is 6.50. The van der Waals surface area contributed by atoms with Crippen LogP contribution in [0.25, 0.3) is 12.2 Å². The summed E-state index contributed by atoms with van der Waals surface area (Å²) in [7, 11) is 0. The van der Waals surface area contributed by atoms with E-state index in [1.54, 1.807) is 49.1 Å². The van der Waals surface area contributed by atoms with E-state index in [4.69, 9.17) is 0 Å². The number of aromatic nitrogens is 2. The zero-order chi connectivity index (χ0) is 15.6. The van der Waals surface area contributed by atoms with Gasteiger partial charge in [0.1, 0.15) is 0 Å². The molecule has 0 unspecified atom stereocenters. The summed E-state index contributed by atoms with van der Waals surface area (Å²) < 4.78 is 0. The van der Waals surface area contributed by atoms with Crippen LogP contribution in [0.4, 0.5) is 0 Å². The first-order valence-corrected chi connectivity index (χ1v) is 6.50. The van der Waals surface area contributed by atoms with Gasteiger partial charge in [0.05, 0.1) is 0 Å². The Balaban J connectivity index is 1.77. The molecule has 0 saturated heterocycles. The van der Waals surface area contributed by atoms with Crippen LogP contribution >= 0.6 is 0 Å². The predicted molar refractivity (Wildman–Crippen MR) is 82.8 cm³/mol. The molecule has 0 aliphatic carbocycles. The fourth-order valence-electron chi connectivity index (χ4n) is 1.50. The van der Waals surface area contributed by atoms with Gasteiger partial charge in [0, 0.05) is 36.9 Å². The second-order valence-corrected chi connectivity index (χ2v) is 4.22. The third-order valence-electron chi connectivity index (χ3n) is 2.53. The minimum absolute atomic E-state index is 0.438. The average Bonchev–Trinajstić information content (AvgIpc) is 2.58. The number of hydrogen-bond acceptors (Lipinski definition) is 4. The van der Waals surface area contributed by atoms with Gasteiger partial charge in [0.2, 0.25) is 0 Å². The van der Waals surface area contributed by atoms with Gasteiger partial charge >= 0.3 is 0 Å². The van der Waals surface area contributed by atoms with Crippen molar-refractivity contribution in [1.82, 2.24) is 20.8 Å². The lowest BCUT2D eigenvalue weighted by molar-refractivity contribution is -0.123. The van der Waals surface area contributed by atoms with E-state index in [0.29, 0.717) is 0 Å². The fraction of sp³-hybridized carbons (Fsp3) is 0. The van der Waals surface area contributed by atoms with Crippen LogP contribution in [-0.2, 0) is 9.59 Å². The van der Waals surface area contributed by atoms with Gasteiger partial charge in [-0.2, -0.15) is 0 Å². The first-order chi connectivity index (χ1) is 10.7. The Morgan fingerprint density at radius 1 is 0.818 bits per heavy atom. The van der Waals surface area contributed by atoms with Crippen molar-refractivity contribution in [2.75, 3.05) is 0 Å². The maximum atomic E-state index is 11.5. The molecule has 0 spiro atoms. The van der Waals surface area contributed by atoms with Crippen LogP contribution in [0.3, 0.4) is 0 Å². The molecule has 0 radical (unpaired) electrons. The second kappa shape index (κ2) is 8.11. The number of carbonyl (C=O) groups is 2. The minimum Gasteiger partial charge on any atom is -0.268 e. The smallest absolute Gasteiger partial charge is 0.262 e. The van der Waals surface area contributed by atoms with Crippen molar-refractivity contribution in [3.63, 3.8) is 0 Å². The number of hydrogen-bond donors (Lipinski definition) is 2. The Morgan fingerprint density at radius 3 is 1.64 bits per heavy atom. The summed E-state index contributed by atoms with van der Waals surface area (Å²) >= 11 is 0. The van der Waals surface area contributed by atoms with E-state index < -0.39 is 11.8 Å². The summed E-state index contributed by atoms with van der Waals surface area (Å²) in [5.74, 6) is -0.876. The van der Waals surface area contributed by atoms with Crippen LogP contribution in [-0.4, -0.2) is 21.8 Å². The Hall–Kier alpha value is -3.28. The van der Waals surface area contributed by atoms with Crippen molar-refractivity contribution < 1.29 is 9.59 Å². The van der Waals surface area contributed by atoms with Gasteiger partial charge in [-0.05, 0) is 35.4 Å². The molecular weight excluding hydrogens is 280 g/mol. The van der Waals surface area contributed by atoms with E-state index in [-0.39, 0.29) is 0 Å². The van der Waals surface area contributed by atoms with Crippen LogP contribution in [0, 0.1) is 0 Å². The van der Waals surface area contributed by atoms with E-state index in [1.165, 1.54) is 12.2 Å². The molecule has 2 amide bonds. The standard InChI is InChI=1S/C16H14N4O2/c21-15(7-5-13-3-1-9-17-11-13)19-20-16(22)8-6-14-4-2-10-18-12-14/h1-12H,(H,19,21)(H,20,22)/b7-5+,8-6+. The third kappa shape index (κ3) is 5.38. The van der Waals surface area contributed by atoms with Crippen molar-refractivity contribution in [2.24, 2.45) is 0 Å². The Labute approximate surface area is 127 Å². The number of hydrazine groups is 1. The molecule has 0 atom stereocenters. The molecule has 0 aromatic carbocycles. The lowest BCUT2D eigenvalue weighted by Gasteiger charge is -2.01. The molecule has 0 aliphatic rings. The Kier molecular flexibility index (Phi) is 5.57. The fourth-order valence-corrected chi connectivity index (χ4v) is 1.50. The molecule has 0 saturated carbocycles. The molecule has 0 fully saturated rings. The van der Waals surface area contributed by atoms with E-state index in [2.05, 4.69) is 20.8 Å². The molecule has 6 nitrogen and oxygen atoms in total. The topological polar surface area (TPSA) is 84.0 Å². The largest absolute Gasteiger partial charge is 0.268 e. The monoisotopic (exact) mass is 294 g/mol. The number of pyridine rings is 2. The van der Waals surface area contributed by atoms with Crippen LogP contribution in [0.15, 0.2) is 61.2 Å². The second-order valence-electron chi connectivity index (χ2n) is 4.22. The molecule has 2 N–H and O–H groups in total. The molecule has 2 aromatic heterocycles. The summed E-state index contributed by atoms with van der Waals surface area (Å²) in [5.41, 5.74) is 6.14. The molecule has 110 valence electrons. The maximum Gasteiger partial charge on any atom is 0.262 e. The SMILES string of the molecule is O=C(/C=C/c1cccnc1)NNC(=O)/C=C/c1cccnc1. The van der Waals surface area contributed by atoms with E-state index in [9.17, 15) is 9.59 Å². The van der Waals surface area contributed by atoms with Gasteiger partial charge in [0.25, 0.3) is 11.8 Å². The maximum absolute atomic E-state index is 11.5. The summed E-state index contributed by atoms with van der Waals surface area (Å²) in [6.07, 6.45) is 12.3. The number of nitrogens with zero attached hydrogens (tertiary/aromatic N) is 2. The highest BCUT2D eigenvalue weighted by Gasteiger charge is 1.98. The van der Waals surface area contributed by atoms with Gasteiger partial charge < -0.3 is 0 Å².